The smallest absolute Gasteiger partial charge is 0.242 e. The highest BCUT2D eigenvalue weighted by Gasteiger charge is 2.17. The van der Waals surface area contributed by atoms with E-state index in [1.165, 1.54) is 6.20 Å². The minimum Gasteiger partial charge on any atom is -0.360 e. The van der Waals surface area contributed by atoms with Gasteiger partial charge >= 0.3 is 0 Å². The molecular weight excluding hydrogens is 222 g/mol. The summed E-state index contributed by atoms with van der Waals surface area (Å²) in [6.45, 7) is 0.271. The van der Waals surface area contributed by atoms with Crippen LogP contribution in [-0.2, 0) is 18.4 Å². The van der Waals surface area contributed by atoms with Gasteiger partial charge in [-0.25, -0.2) is 0 Å². The van der Waals surface area contributed by atoms with Crippen LogP contribution < -0.4 is 11.1 Å². The number of nitrogens with zero attached hydrogens (tertiary/aromatic N) is 3. The number of nitrogens with one attached hydrogen (secondary N) is 1. The predicted octanol–water partition coefficient (Wildman–Crippen LogP) is -0.276. The van der Waals surface area contributed by atoms with Crippen molar-refractivity contribution >= 4 is 5.91 Å². The van der Waals surface area contributed by atoms with Crippen molar-refractivity contribution in [3.63, 3.8) is 0 Å². The third-order valence-corrected chi connectivity index (χ3v) is 2.29. The number of rotatable bonds is 4. The minimum atomic E-state index is -0.730. The number of carbonyl (C=O) groups excluding carboxylic acids is 1. The number of carbonyl (C=O) groups is 1. The molecule has 1 amide bonds. The molecule has 7 nitrogen and oxygen atoms in total. The van der Waals surface area contributed by atoms with Gasteiger partial charge in [0.1, 0.15) is 6.04 Å². The monoisotopic (exact) mass is 235 g/mol. The first-order chi connectivity index (χ1) is 8.16. The lowest BCUT2D eigenvalue weighted by Crippen LogP contribution is -2.33. The Morgan fingerprint density at radius 2 is 2.53 bits per heavy atom. The van der Waals surface area contributed by atoms with Crippen LogP contribution in [0.3, 0.4) is 0 Å². The lowest BCUT2D eigenvalue weighted by atomic mass is 10.1. The molecule has 0 fully saturated rings. The van der Waals surface area contributed by atoms with Gasteiger partial charge in [0.2, 0.25) is 5.91 Å². The van der Waals surface area contributed by atoms with E-state index in [2.05, 4.69) is 15.6 Å². The van der Waals surface area contributed by atoms with Gasteiger partial charge in [0.15, 0.2) is 5.76 Å². The highest BCUT2D eigenvalue weighted by atomic mass is 16.5. The van der Waals surface area contributed by atoms with E-state index < -0.39 is 6.04 Å². The Hall–Kier alpha value is -2.15. The second kappa shape index (κ2) is 4.79. The van der Waals surface area contributed by atoms with Gasteiger partial charge in [-0.2, -0.15) is 5.10 Å². The van der Waals surface area contributed by atoms with Gasteiger partial charge in [-0.05, 0) is 0 Å². The van der Waals surface area contributed by atoms with Crippen LogP contribution in [0.15, 0.2) is 29.2 Å². The molecule has 0 spiro atoms. The largest absolute Gasteiger partial charge is 0.360 e. The molecule has 0 bridgehead atoms. The van der Waals surface area contributed by atoms with E-state index in [1.807, 2.05) is 0 Å². The number of aryl methyl sites for hydroxylation is 1. The van der Waals surface area contributed by atoms with Crippen LogP contribution in [0.2, 0.25) is 0 Å². The molecule has 2 heterocycles. The summed E-state index contributed by atoms with van der Waals surface area (Å²) < 4.78 is 6.45. The number of amides is 1. The molecule has 2 aromatic heterocycles. The SMILES string of the molecule is Cn1cc(C(N)C(=O)NCc2ccno2)cn1. The van der Waals surface area contributed by atoms with E-state index in [-0.39, 0.29) is 12.5 Å². The maximum atomic E-state index is 11.7. The van der Waals surface area contributed by atoms with Crippen molar-refractivity contribution in [3.05, 3.63) is 36.0 Å². The number of nitrogens with two attached hydrogens (primary N) is 1. The van der Waals surface area contributed by atoms with Crippen LogP contribution in [-0.4, -0.2) is 20.8 Å². The topological polar surface area (TPSA) is 99.0 Å². The van der Waals surface area contributed by atoms with Gasteiger partial charge in [-0.15, -0.1) is 0 Å². The summed E-state index contributed by atoms with van der Waals surface area (Å²) in [6, 6.07) is 0.946. The van der Waals surface area contributed by atoms with Crippen molar-refractivity contribution in [2.75, 3.05) is 0 Å². The van der Waals surface area contributed by atoms with Gasteiger partial charge < -0.3 is 15.6 Å². The third-order valence-electron chi connectivity index (χ3n) is 2.29. The molecule has 0 aliphatic rings. The van der Waals surface area contributed by atoms with Gasteiger partial charge in [-0.1, -0.05) is 5.16 Å². The molecular formula is C10H13N5O2. The standard InChI is InChI=1S/C10H13N5O2/c1-15-6-7(4-13-15)9(11)10(16)12-5-8-2-3-14-17-8/h2-4,6,9H,5,11H2,1H3,(H,12,16). The van der Waals surface area contributed by atoms with Crippen LogP contribution in [0.5, 0.6) is 0 Å². The lowest BCUT2D eigenvalue weighted by Gasteiger charge is -2.08. The Bertz CT molecular complexity index is 491. The quantitative estimate of drug-likeness (QED) is 0.759. The van der Waals surface area contributed by atoms with Crippen LogP contribution in [0.1, 0.15) is 17.4 Å². The van der Waals surface area contributed by atoms with E-state index in [0.29, 0.717) is 11.3 Å². The molecule has 0 aliphatic heterocycles. The summed E-state index contributed by atoms with van der Waals surface area (Å²) in [5.74, 6) is 0.297. The molecule has 3 N–H and O–H groups in total. The van der Waals surface area contributed by atoms with Crippen molar-refractivity contribution in [2.24, 2.45) is 12.8 Å². The molecule has 0 aliphatic carbocycles. The second-order valence-corrected chi connectivity index (χ2v) is 3.62. The molecule has 1 unspecified atom stereocenters. The summed E-state index contributed by atoms with van der Waals surface area (Å²) in [5, 5.41) is 10.2. The Morgan fingerprint density at radius 1 is 1.71 bits per heavy atom. The van der Waals surface area contributed by atoms with Crippen molar-refractivity contribution in [1.82, 2.24) is 20.3 Å². The minimum absolute atomic E-state index is 0.271. The molecule has 0 saturated heterocycles. The normalized spacial score (nSPS) is 12.4. The van der Waals surface area contributed by atoms with Crippen molar-refractivity contribution < 1.29 is 9.32 Å². The van der Waals surface area contributed by atoms with E-state index in [1.54, 1.807) is 30.2 Å². The van der Waals surface area contributed by atoms with E-state index >= 15 is 0 Å². The first-order valence-electron chi connectivity index (χ1n) is 5.08. The Kier molecular flexibility index (Phi) is 3.20. The van der Waals surface area contributed by atoms with Crippen LogP contribution >= 0.6 is 0 Å². The molecule has 1 atom stereocenters. The fourth-order valence-electron chi connectivity index (χ4n) is 1.37. The molecule has 90 valence electrons. The number of aromatic nitrogens is 3. The Labute approximate surface area is 97.6 Å². The van der Waals surface area contributed by atoms with Crippen molar-refractivity contribution in [1.29, 1.82) is 0 Å². The summed E-state index contributed by atoms with van der Waals surface area (Å²) >= 11 is 0. The van der Waals surface area contributed by atoms with E-state index in [9.17, 15) is 4.79 Å². The summed E-state index contributed by atoms with van der Waals surface area (Å²) in [4.78, 5) is 11.7. The highest BCUT2D eigenvalue weighted by Crippen LogP contribution is 2.08. The molecule has 0 saturated carbocycles. The maximum Gasteiger partial charge on any atom is 0.242 e. The Morgan fingerprint density at radius 3 is 3.12 bits per heavy atom. The number of hydrogen-bond acceptors (Lipinski definition) is 5. The maximum absolute atomic E-state index is 11.7. The fourth-order valence-corrected chi connectivity index (χ4v) is 1.37. The van der Waals surface area contributed by atoms with Gasteiger partial charge in [0.05, 0.1) is 18.9 Å². The van der Waals surface area contributed by atoms with E-state index in [4.69, 9.17) is 10.3 Å². The fraction of sp³-hybridized carbons (Fsp3) is 0.300. The van der Waals surface area contributed by atoms with Crippen LogP contribution in [0.4, 0.5) is 0 Å². The van der Waals surface area contributed by atoms with Gasteiger partial charge in [0.25, 0.3) is 0 Å². The summed E-state index contributed by atoms with van der Waals surface area (Å²) in [6.07, 6.45) is 4.79. The molecule has 0 radical (unpaired) electrons. The third kappa shape index (κ3) is 2.70. The van der Waals surface area contributed by atoms with Crippen molar-refractivity contribution in [3.8, 4) is 0 Å². The molecule has 17 heavy (non-hydrogen) atoms. The summed E-state index contributed by atoms with van der Waals surface area (Å²) in [5.41, 5.74) is 6.45. The van der Waals surface area contributed by atoms with Crippen molar-refractivity contribution in [2.45, 2.75) is 12.6 Å². The zero-order chi connectivity index (χ0) is 12.3. The molecule has 2 rings (SSSR count). The Balaban J connectivity index is 1.91. The van der Waals surface area contributed by atoms with Gasteiger partial charge in [-0.3, -0.25) is 9.48 Å². The van der Waals surface area contributed by atoms with E-state index in [0.717, 1.165) is 0 Å². The first-order valence-corrected chi connectivity index (χ1v) is 5.08. The zero-order valence-corrected chi connectivity index (χ0v) is 9.33. The predicted molar refractivity (Wildman–Crippen MR) is 58.5 cm³/mol. The molecule has 7 heteroatoms. The molecule has 2 aromatic rings. The zero-order valence-electron chi connectivity index (χ0n) is 9.33. The average Bonchev–Trinajstić information content (AvgIpc) is 2.95. The summed E-state index contributed by atoms with van der Waals surface area (Å²) in [7, 11) is 1.77. The second-order valence-electron chi connectivity index (χ2n) is 3.62. The number of hydrogen-bond donors (Lipinski definition) is 2. The average molecular weight is 235 g/mol. The lowest BCUT2D eigenvalue weighted by molar-refractivity contribution is -0.122. The molecule has 0 aromatic carbocycles. The van der Waals surface area contributed by atoms with Crippen LogP contribution in [0.25, 0.3) is 0 Å². The van der Waals surface area contributed by atoms with Gasteiger partial charge in [0, 0.05) is 24.9 Å². The highest BCUT2D eigenvalue weighted by molar-refractivity contribution is 5.82. The van der Waals surface area contributed by atoms with Crippen LogP contribution in [0, 0.1) is 0 Å². The first kappa shape index (κ1) is 11.3.